The first-order chi connectivity index (χ1) is 10.8. The molecule has 114 valence electrons. The van der Waals surface area contributed by atoms with E-state index in [0.717, 1.165) is 36.7 Å². The van der Waals surface area contributed by atoms with E-state index in [1.165, 1.54) is 12.8 Å². The SMILES string of the molecule is O=C(NC1CCN(c2nccc(C3CC3)n2)C1)c1ccsc1. The molecule has 0 radical (unpaired) electrons. The lowest BCUT2D eigenvalue weighted by atomic mass is 10.2. The highest BCUT2D eigenvalue weighted by Crippen LogP contribution is 2.39. The van der Waals surface area contributed by atoms with E-state index in [1.807, 2.05) is 29.1 Å². The summed E-state index contributed by atoms with van der Waals surface area (Å²) in [5.41, 5.74) is 1.91. The van der Waals surface area contributed by atoms with Crippen molar-refractivity contribution in [1.82, 2.24) is 15.3 Å². The van der Waals surface area contributed by atoms with Gasteiger partial charge in [0.2, 0.25) is 5.95 Å². The fraction of sp³-hybridized carbons (Fsp3) is 0.438. The zero-order chi connectivity index (χ0) is 14.9. The topological polar surface area (TPSA) is 58.1 Å². The van der Waals surface area contributed by atoms with Gasteiger partial charge in [0.1, 0.15) is 0 Å². The van der Waals surface area contributed by atoms with E-state index in [1.54, 1.807) is 11.3 Å². The van der Waals surface area contributed by atoms with Crippen LogP contribution in [-0.2, 0) is 0 Å². The summed E-state index contributed by atoms with van der Waals surface area (Å²) in [6.07, 6.45) is 5.28. The number of carbonyl (C=O) groups is 1. The Balaban J connectivity index is 1.39. The lowest BCUT2D eigenvalue weighted by Gasteiger charge is -2.17. The Kier molecular flexibility index (Phi) is 3.54. The van der Waals surface area contributed by atoms with Crippen molar-refractivity contribution in [3.8, 4) is 0 Å². The Morgan fingerprint density at radius 2 is 2.23 bits per heavy atom. The maximum absolute atomic E-state index is 12.1. The summed E-state index contributed by atoms with van der Waals surface area (Å²) < 4.78 is 0. The Bertz CT molecular complexity index is 669. The first kappa shape index (κ1) is 13.7. The first-order valence-corrected chi connectivity index (χ1v) is 8.65. The van der Waals surface area contributed by atoms with E-state index in [2.05, 4.69) is 20.2 Å². The Labute approximate surface area is 133 Å². The number of amides is 1. The lowest BCUT2D eigenvalue weighted by molar-refractivity contribution is 0.0941. The third-order valence-electron chi connectivity index (χ3n) is 4.25. The van der Waals surface area contributed by atoms with Crippen LogP contribution in [0.1, 0.15) is 41.2 Å². The highest BCUT2D eigenvalue weighted by molar-refractivity contribution is 7.08. The minimum atomic E-state index is 0.0146. The number of nitrogens with zero attached hydrogens (tertiary/aromatic N) is 3. The molecule has 0 bridgehead atoms. The van der Waals surface area contributed by atoms with Crippen molar-refractivity contribution in [3.05, 3.63) is 40.3 Å². The third kappa shape index (κ3) is 2.83. The molecule has 1 saturated carbocycles. The summed E-state index contributed by atoms with van der Waals surface area (Å²) in [4.78, 5) is 23.4. The molecular weight excluding hydrogens is 296 g/mol. The maximum Gasteiger partial charge on any atom is 0.252 e. The second-order valence-corrected chi connectivity index (χ2v) is 6.75. The van der Waals surface area contributed by atoms with Gasteiger partial charge in [0.05, 0.1) is 0 Å². The highest BCUT2D eigenvalue weighted by Gasteiger charge is 2.29. The van der Waals surface area contributed by atoms with Gasteiger partial charge in [-0.05, 0) is 36.8 Å². The molecule has 2 aliphatic rings. The molecule has 0 aromatic carbocycles. The van der Waals surface area contributed by atoms with Gasteiger partial charge in [-0.2, -0.15) is 11.3 Å². The quantitative estimate of drug-likeness (QED) is 0.941. The molecule has 1 N–H and O–H groups in total. The number of rotatable bonds is 4. The summed E-state index contributed by atoms with van der Waals surface area (Å²) in [5.74, 6) is 1.45. The van der Waals surface area contributed by atoms with Gasteiger partial charge in [0.25, 0.3) is 5.91 Å². The summed E-state index contributed by atoms with van der Waals surface area (Å²) in [6, 6.07) is 4.04. The van der Waals surface area contributed by atoms with Gasteiger partial charge >= 0.3 is 0 Å². The molecule has 5 nitrogen and oxygen atoms in total. The fourth-order valence-corrected chi connectivity index (χ4v) is 3.48. The number of thiophene rings is 1. The molecule has 2 fully saturated rings. The average molecular weight is 314 g/mol. The molecule has 1 saturated heterocycles. The molecular formula is C16H18N4OS. The number of carbonyl (C=O) groups excluding carboxylic acids is 1. The predicted octanol–water partition coefficient (Wildman–Crippen LogP) is 2.42. The maximum atomic E-state index is 12.1. The van der Waals surface area contributed by atoms with Crippen molar-refractivity contribution < 1.29 is 4.79 Å². The van der Waals surface area contributed by atoms with E-state index in [0.29, 0.717) is 5.92 Å². The van der Waals surface area contributed by atoms with E-state index < -0.39 is 0 Å². The summed E-state index contributed by atoms with van der Waals surface area (Å²) in [6.45, 7) is 1.67. The van der Waals surface area contributed by atoms with Gasteiger partial charge in [0.15, 0.2) is 0 Å². The van der Waals surface area contributed by atoms with Crippen LogP contribution in [0.25, 0.3) is 0 Å². The van der Waals surface area contributed by atoms with Crippen LogP contribution >= 0.6 is 11.3 Å². The number of hydrogen-bond acceptors (Lipinski definition) is 5. The highest BCUT2D eigenvalue weighted by atomic mass is 32.1. The Morgan fingerprint density at radius 3 is 3.00 bits per heavy atom. The second-order valence-electron chi connectivity index (χ2n) is 5.97. The summed E-state index contributed by atoms with van der Waals surface area (Å²) in [5, 5.41) is 6.90. The zero-order valence-corrected chi connectivity index (χ0v) is 13.1. The van der Waals surface area contributed by atoms with Crippen LogP contribution in [0.15, 0.2) is 29.1 Å². The summed E-state index contributed by atoms with van der Waals surface area (Å²) in [7, 11) is 0. The van der Waals surface area contributed by atoms with Gasteiger partial charge < -0.3 is 10.2 Å². The van der Waals surface area contributed by atoms with Crippen LogP contribution < -0.4 is 10.2 Å². The van der Waals surface area contributed by atoms with Crippen molar-refractivity contribution in [2.24, 2.45) is 0 Å². The predicted molar refractivity (Wildman–Crippen MR) is 86.4 cm³/mol. The standard InChI is InChI=1S/C16H18N4OS/c21-15(12-5-8-22-10-12)18-13-4-7-20(9-13)16-17-6-3-14(19-16)11-1-2-11/h3,5-6,8,10-11,13H,1-2,4,7,9H2,(H,18,21). The van der Waals surface area contributed by atoms with Crippen molar-refractivity contribution in [1.29, 1.82) is 0 Å². The molecule has 2 aromatic heterocycles. The van der Waals surface area contributed by atoms with Crippen LogP contribution in [0, 0.1) is 0 Å². The monoisotopic (exact) mass is 314 g/mol. The first-order valence-electron chi connectivity index (χ1n) is 7.70. The van der Waals surface area contributed by atoms with E-state index in [4.69, 9.17) is 0 Å². The number of nitrogens with one attached hydrogen (secondary N) is 1. The third-order valence-corrected chi connectivity index (χ3v) is 4.93. The minimum Gasteiger partial charge on any atom is -0.347 e. The van der Waals surface area contributed by atoms with Crippen LogP contribution in [0.5, 0.6) is 0 Å². The van der Waals surface area contributed by atoms with E-state index >= 15 is 0 Å². The smallest absolute Gasteiger partial charge is 0.252 e. The average Bonchev–Trinajstić information content (AvgIpc) is 3.05. The number of aromatic nitrogens is 2. The van der Waals surface area contributed by atoms with Gasteiger partial charge in [-0.15, -0.1) is 0 Å². The second kappa shape index (κ2) is 5.68. The number of hydrogen-bond donors (Lipinski definition) is 1. The molecule has 0 spiro atoms. The zero-order valence-electron chi connectivity index (χ0n) is 12.2. The van der Waals surface area contributed by atoms with Crippen LogP contribution in [0.2, 0.25) is 0 Å². The normalized spacial score (nSPS) is 21.1. The van der Waals surface area contributed by atoms with Gasteiger partial charge in [-0.3, -0.25) is 4.79 Å². The molecule has 1 aliphatic carbocycles. The largest absolute Gasteiger partial charge is 0.347 e. The Morgan fingerprint density at radius 1 is 1.32 bits per heavy atom. The molecule has 2 aromatic rings. The van der Waals surface area contributed by atoms with Gasteiger partial charge in [-0.1, -0.05) is 0 Å². The van der Waals surface area contributed by atoms with Crippen molar-refractivity contribution in [2.75, 3.05) is 18.0 Å². The van der Waals surface area contributed by atoms with E-state index in [-0.39, 0.29) is 11.9 Å². The van der Waals surface area contributed by atoms with Crippen molar-refractivity contribution >= 4 is 23.2 Å². The molecule has 4 rings (SSSR count). The summed E-state index contributed by atoms with van der Waals surface area (Å²) >= 11 is 1.54. The number of anilines is 1. The van der Waals surface area contributed by atoms with Gasteiger partial charge in [0, 0.05) is 47.9 Å². The van der Waals surface area contributed by atoms with Crippen LogP contribution in [0.4, 0.5) is 5.95 Å². The lowest BCUT2D eigenvalue weighted by Crippen LogP contribution is -2.37. The van der Waals surface area contributed by atoms with E-state index in [9.17, 15) is 4.79 Å². The van der Waals surface area contributed by atoms with Crippen molar-refractivity contribution in [2.45, 2.75) is 31.2 Å². The molecule has 6 heteroatoms. The molecule has 1 aliphatic heterocycles. The van der Waals surface area contributed by atoms with Crippen molar-refractivity contribution in [3.63, 3.8) is 0 Å². The van der Waals surface area contributed by atoms with Crippen LogP contribution in [0.3, 0.4) is 0 Å². The molecule has 3 heterocycles. The molecule has 22 heavy (non-hydrogen) atoms. The minimum absolute atomic E-state index is 0.0146. The molecule has 1 unspecified atom stereocenters. The van der Waals surface area contributed by atoms with Crippen LogP contribution in [-0.4, -0.2) is 35.0 Å². The fourth-order valence-electron chi connectivity index (χ4n) is 2.84. The van der Waals surface area contributed by atoms with Gasteiger partial charge in [-0.25, -0.2) is 9.97 Å². The molecule has 1 atom stereocenters. The Hall–Kier alpha value is -1.95. The molecule has 1 amide bonds.